The van der Waals surface area contributed by atoms with Crippen LogP contribution in [0.3, 0.4) is 0 Å². The zero-order chi connectivity index (χ0) is 11.6. The van der Waals surface area contributed by atoms with Crippen LogP contribution in [0.2, 0.25) is 0 Å². The Morgan fingerprint density at radius 2 is 2.20 bits per heavy atom. The lowest BCUT2D eigenvalue weighted by atomic mass is 10.2. The molecule has 1 aliphatic rings. The fourth-order valence-electron chi connectivity index (χ4n) is 1.70. The number of hydrogen-bond donors (Lipinski definition) is 0. The molecule has 0 aromatic rings. The van der Waals surface area contributed by atoms with Gasteiger partial charge in [0.05, 0.1) is 18.2 Å². The molecule has 0 aromatic heterocycles. The topological polar surface area (TPSA) is 70.4 Å². The Balaban J connectivity index is 2.85. The zero-order valence-electron chi connectivity index (χ0n) is 9.17. The zero-order valence-corrected chi connectivity index (χ0v) is 9.99. The molecule has 1 heterocycles. The van der Waals surface area contributed by atoms with Crippen molar-refractivity contribution in [3.63, 3.8) is 0 Å². The fourth-order valence-corrected chi connectivity index (χ4v) is 2.99. The van der Waals surface area contributed by atoms with Crippen LogP contribution in [0.4, 0.5) is 0 Å². The summed E-state index contributed by atoms with van der Waals surface area (Å²) < 4.78 is 30.3. The Morgan fingerprint density at radius 1 is 1.60 bits per heavy atom. The van der Waals surface area contributed by atoms with Crippen molar-refractivity contribution in [2.45, 2.75) is 37.7 Å². The summed E-state index contributed by atoms with van der Waals surface area (Å²) in [6.45, 7) is 3.82. The van der Waals surface area contributed by atoms with Crippen molar-refractivity contribution < 1.29 is 13.2 Å². The molecule has 0 radical (unpaired) electrons. The van der Waals surface area contributed by atoms with E-state index in [1.165, 1.54) is 18.3 Å². The molecule has 0 aromatic carbocycles. The van der Waals surface area contributed by atoms with E-state index in [1.807, 2.05) is 6.92 Å². The second kappa shape index (κ2) is 4.47. The minimum absolute atomic E-state index is 0.101. The first kappa shape index (κ1) is 12.4. The summed E-state index contributed by atoms with van der Waals surface area (Å²) in [5, 5.41) is 7.64. The molecular weight excluding hydrogens is 216 g/mol. The third-order valence-corrected chi connectivity index (χ3v) is 4.91. The van der Waals surface area contributed by atoms with Crippen molar-refractivity contribution in [3.8, 4) is 6.07 Å². The highest BCUT2D eigenvalue weighted by Crippen LogP contribution is 2.22. The highest BCUT2D eigenvalue weighted by atomic mass is 32.2. The molecule has 0 bridgehead atoms. The Morgan fingerprint density at radius 3 is 2.60 bits per heavy atom. The summed E-state index contributed by atoms with van der Waals surface area (Å²) in [5.41, 5.74) is 0. The highest BCUT2D eigenvalue weighted by molar-refractivity contribution is 7.89. The molecule has 0 amide bonds. The van der Waals surface area contributed by atoms with Crippen molar-refractivity contribution in [1.29, 1.82) is 5.26 Å². The Kier molecular flexibility index (Phi) is 3.71. The quantitative estimate of drug-likeness (QED) is 0.703. The van der Waals surface area contributed by atoms with E-state index in [-0.39, 0.29) is 12.1 Å². The predicted molar refractivity (Wildman–Crippen MR) is 55.6 cm³/mol. The van der Waals surface area contributed by atoms with Crippen LogP contribution in [0.5, 0.6) is 0 Å². The van der Waals surface area contributed by atoms with Crippen molar-refractivity contribution in [3.05, 3.63) is 0 Å². The third-order valence-electron chi connectivity index (χ3n) is 2.83. The first-order valence-electron chi connectivity index (χ1n) is 4.89. The number of rotatable bonds is 3. The average Bonchev–Trinajstić information content (AvgIpc) is 2.61. The summed E-state index contributed by atoms with van der Waals surface area (Å²) >= 11 is 0. The number of sulfonamides is 1. The lowest BCUT2D eigenvalue weighted by Crippen LogP contribution is -2.44. The Hall–Kier alpha value is -0.640. The second-order valence-corrected chi connectivity index (χ2v) is 6.08. The van der Waals surface area contributed by atoms with Crippen LogP contribution < -0.4 is 0 Å². The summed E-state index contributed by atoms with van der Waals surface area (Å²) in [6, 6.07) is 1.61. The molecule has 0 aliphatic carbocycles. The van der Waals surface area contributed by atoms with Gasteiger partial charge in [-0.05, 0) is 20.3 Å². The molecule has 6 heteroatoms. The molecule has 1 rings (SSSR count). The van der Waals surface area contributed by atoms with Gasteiger partial charge in [0, 0.05) is 13.7 Å². The molecule has 5 nitrogen and oxygen atoms in total. The largest absolute Gasteiger partial charge is 0.377 e. The lowest BCUT2D eigenvalue weighted by molar-refractivity contribution is 0.102. The van der Waals surface area contributed by atoms with Crippen molar-refractivity contribution >= 4 is 10.0 Å². The van der Waals surface area contributed by atoms with Gasteiger partial charge in [-0.25, -0.2) is 8.42 Å². The van der Waals surface area contributed by atoms with E-state index < -0.39 is 15.3 Å². The number of likely N-dealkylation sites (N-methyl/N-ethyl adjacent to an activating group) is 1. The first-order valence-corrected chi connectivity index (χ1v) is 6.39. The van der Waals surface area contributed by atoms with Gasteiger partial charge in [-0.2, -0.15) is 9.57 Å². The summed E-state index contributed by atoms with van der Waals surface area (Å²) in [6.07, 6.45) is 0.588. The van der Waals surface area contributed by atoms with Gasteiger partial charge in [-0.15, -0.1) is 0 Å². The smallest absolute Gasteiger partial charge is 0.230 e. The summed E-state index contributed by atoms with van der Waals surface area (Å²) in [5.74, 6) is 0. The van der Waals surface area contributed by atoms with Crippen LogP contribution >= 0.6 is 0 Å². The molecule has 1 saturated heterocycles. The second-order valence-electron chi connectivity index (χ2n) is 3.76. The summed E-state index contributed by atoms with van der Waals surface area (Å²) in [4.78, 5) is 0. The SMILES string of the molecule is CC1OCCC1N(C)S(=O)(=O)C(C)C#N. The van der Waals surface area contributed by atoms with Gasteiger partial charge in [0.15, 0.2) is 5.25 Å². The molecule has 0 N–H and O–H groups in total. The lowest BCUT2D eigenvalue weighted by Gasteiger charge is -2.26. The van der Waals surface area contributed by atoms with Crippen LogP contribution in [0.15, 0.2) is 0 Å². The molecule has 3 atom stereocenters. The van der Waals surface area contributed by atoms with Gasteiger partial charge >= 0.3 is 0 Å². The van der Waals surface area contributed by atoms with Crippen LogP contribution in [-0.4, -0.2) is 43.8 Å². The molecule has 0 spiro atoms. The van der Waals surface area contributed by atoms with Crippen LogP contribution in [0.1, 0.15) is 20.3 Å². The normalized spacial score (nSPS) is 29.0. The van der Waals surface area contributed by atoms with Gasteiger partial charge in [0.1, 0.15) is 0 Å². The Labute approximate surface area is 90.7 Å². The highest BCUT2D eigenvalue weighted by Gasteiger charge is 2.36. The van der Waals surface area contributed by atoms with E-state index in [9.17, 15) is 8.42 Å². The molecular formula is C9H16N2O3S. The van der Waals surface area contributed by atoms with Gasteiger partial charge in [0.2, 0.25) is 10.0 Å². The van der Waals surface area contributed by atoms with E-state index >= 15 is 0 Å². The van der Waals surface area contributed by atoms with Gasteiger partial charge in [0.25, 0.3) is 0 Å². The monoisotopic (exact) mass is 232 g/mol. The van der Waals surface area contributed by atoms with Crippen molar-refractivity contribution in [1.82, 2.24) is 4.31 Å². The van der Waals surface area contributed by atoms with E-state index in [4.69, 9.17) is 10.00 Å². The number of ether oxygens (including phenoxy) is 1. The number of hydrogen-bond acceptors (Lipinski definition) is 4. The van der Waals surface area contributed by atoms with Crippen molar-refractivity contribution in [2.75, 3.05) is 13.7 Å². The molecule has 15 heavy (non-hydrogen) atoms. The molecule has 1 fully saturated rings. The van der Waals surface area contributed by atoms with Crippen LogP contribution in [-0.2, 0) is 14.8 Å². The standard InChI is InChI=1S/C9H16N2O3S/c1-7(6-10)15(12,13)11(3)9-4-5-14-8(9)2/h7-9H,4-5H2,1-3H3. The minimum atomic E-state index is -3.51. The van der Waals surface area contributed by atoms with Gasteiger partial charge in [-0.3, -0.25) is 0 Å². The maximum absolute atomic E-state index is 11.8. The molecule has 0 saturated carbocycles. The van der Waals surface area contributed by atoms with E-state index in [0.29, 0.717) is 13.0 Å². The van der Waals surface area contributed by atoms with Crippen LogP contribution in [0.25, 0.3) is 0 Å². The van der Waals surface area contributed by atoms with Crippen LogP contribution in [0, 0.1) is 11.3 Å². The number of nitriles is 1. The Bertz CT molecular complexity index is 360. The summed E-state index contributed by atoms with van der Waals surface area (Å²) in [7, 11) is -2.00. The van der Waals surface area contributed by atoms with E-state index in [1.54, 1.807) is 6.07 Å². The fraction of sp³-hybridized carbons (Fsp3) is 0.889. The molecule has 1 aliphatic heterocycles. The van der Waals surface area contributed by atoms with Crippen molar-refractivity contribution in [2.24, 2.45) is 0 Å². The molecule has 3 unspecified atom stereocenters. The maximum Gasteiger partial charge on any atom is 0.230 e. The average molecular weight is 232 g/mol. The maximum atomic E-state index is 11.8. The predicted octanol–water partition coefficient (Wildman–Crippen LogP) is 0.337. The minimum Gasteiger partial charge on any atom is -0.377 e. The van der Waals surface area contributed by atoms with E-state index in [0.717, 1.165) is 0 Å². The molecule has 86 valence electrons. The number of nitrogens with zero attached hydrogens (tertiary/aromatic N) is 2. The van der Waals surface area contributed by atoms with Gasteiger partial charge < -0.3 is 4.74 Å². The van der Waals surface area contributed by atoms with E-state index in [2.05, 4.69) is 0 Å². The third kappa shape index (κ3) is 2.30. The first-order chi connectivity index (χ1) is 6.91. The van der Waals surface area contributed by atoms with Gasteiger partial charge in [-0.1, -0.05) is 0 Å².